The van der Waals surface area contributed by atoms with Gasteiger partial charge in [0.05, 0.1) is 0 Å². The van der Waals surface area contributed by atoms with Crippen LogP contribution in [-0.4, -0.2) is 23.3 Å². The fourth-order valence-electron chi connectivity index (χ4n) is 3.40. The smallest absolute Gasteiger partial charge is 0.231 e. The number of anilines is 3. The first-order chi connectivity index (χ1) is 12.8. The van der Waals surface area contributed by atoms with Crippen molar-refractivity contribution >= 4 is 17.3 Å². The molecule has 0 fully saturated rings. The highest BCUT2D eigenvalue weighted by atomic mass is 16.7. The van der Waals surface area contributed by atoms with Crippen LogP contribution in [-0.2, 0) is 13.0 Å². The normalized spacial score (nSPS) is 14.8. The van der Waals surface area contributed by atoms with E-state index < -0.39 is 0 Å². The van der Waals surface area contributed by atoms with Crippen LogP contribution in [0.4, 0.5) is 17.3 Å². The molecule has 2 aliphatic heterocycles. The molecule has 0 aliphatic carbocycles. The van der Waals surface area contributed by atoms with E-state index in [1.165, 1.54) is 11.1 Å². The Labute approximate surface area is 151 Å². The van der Waals surface area contributed by atoms with Crippen LogP contribution in [0.5, 0.6) is 11.5 Å². The lowest BCUT2D eigenvalue weighted by Gasteiger charge is -2.29. The molecule has 2 aromatic carbocycles. The molecule has 0 spiro atoms. The number of nitrogens with zero attached hydrogens (tertiary/aromatic N) is 3. The molecule has 1 aromatic heterocycles. The molecule has 0 amide bonds. The summed E-state index contributed by atoms with van der Waals surface area (Å²) < 4.78 is 10.8. The van der Waals surface area contributed by atoms with Crippen molar-refractivity contribution in [2.45, 2.75) is 13.0 Å². The second-order valence-corrected chi connectivity index (χ2v) is 6.39. The standard InChI is InChI=1S/C20H18N4O2/c1-2-4-15-11-24(8-7-14(15)3-1)20-10-19(21-12-22-20)23-16-5-6-17-18(9-16)26-13-25-17/h1-6,9-10,12H,7-8,11,13H2,(H,21,22,23). The molecule has 3 aromatic rings. The Morgan fingerprint density at radius 3 is 2.77 bits per heavy atom. The Balaban J connectivity index is 1.36. The Morgan fingerprint density at radius 2 is 1.81 bits per heavy atom. The molecule has 3 heterocycles. The summed E-state index contributed by atoms with van der Waals surface area (Å²) in [5.74, 6) is 3.20. The number of fused-ring (bicyclic) bond motifs is 2. The van der Waals surface area contributed by atoms with E-state index in [2.05, 4.69) is 44.5 Å². The molecule has 26 heavy (non-hydrogen) atoms. The van der Waals surface area contributed by atoms with Crippen LogP contribution in [0.25, 0.3) is 0 Å². The van der Waals surface area contributed by atoms with E-state index in [0.717, 1.165) is 48.3 Å². The highest BCUT2D eigenvalue weighted by molar-refractivity contribution is 5.63. The van der Waals surface area contributed by atoms with Crippen molar-refractivity contribution in [2.75, 3.05) is 23.6 Å². The van der Waals surface area contributed by atoms with Gasteiger partial charge in [-0.25, -0.2) is 9.97 Å². The zero-order chi connectivity index (χ0) is 17.3. The van der Waals surface area contributed by atoms with Gasteiger partial charge in [0, 0.05) is 30.9 Å². The van der Waals surface area contributed by atoms with Crippen LogP contribution >= 0.6 is 0 Å². The van der Waals surface area contributed by atoms with Gasteiger partial charge in [0.1, 0.15) is 18.0 Å². The van der Waals surface area contributed by atoms with Crippen molar-refractivity contribution < 1.29 is 9.47 Å². The predicted molar refractivity (Wildman–Crippen MR) is 99.1 cm³/mol. The van der Waals surface area contributed by atoms with Crippen LogP contribution in [0.1, 0.15) is 11.1 Å². The van der Waals surface area contributed by atoms with Gasteiger partial charge in [-0.3, -0.25) is 0 Å². The number of ether oxygens (including phenoxy) is 2. The summed E-state index contributed by atoms with van der Waals surface area (Å²) >= 11 is 0. The van der Waals surface area contributed by atoms with Crippen LogP contribution in [0, 0.1) is 0 Å². The van der Waals surface area contributed by atoms with E-state index in [1.54, 1.807) is 6.33 Å². The van der Waals surface area contributed by atoms with E-state index in [4.69, 9.17) is 9.47 Å². The zero-order valence-electron chi connectivity index (χ0n) is 14.2. The van der Waals surface area contributed by atoms with Gasteiger partial charge in [-0.05, 0) is 29.7 Å². The lowest BCUT2D eigenvalue weighted by Crippen LogP contribution is -2.31. The van der Waals surface area contributed by atoms with E-state index in [0.29, 0.717) is 0 Å². The van der Waals surface area contributed by atoms with E-state index in [1.807, 2.05) is 24.3 Å². The third-order valence-electron chi connectivity index (χ3n) is 4.75. The summed E-state index contributed by atoms with van der Waals surface area (Å²) in [6, 6.07) is 16.3. The maximum absolute atomic E-state index is 5.43. The van der Waals surface area contributed by atoms with E-state index in [-0.39, 0.29) is 6.79 Å². The van der Waals surface area contributed by atoms with Gasteiger partial charge in [-0.15, -0.1) is 0 Å². The Kier molecular flexibility index (Phi) is 3.59. The van der Waals surface area contributed by atoms with E-state index in [9.17, 15) is 0 Å². The van der Waals surface area contributed by atoms with Gasteiger partial charge in [0.15, 0.2) is 11.5 Å². The van der Waals surface area contributed by atoms with Crippen LogP contribution in [0.2, 0.25) is 0 Å². The van der Waals surface area contributed by atoms with Crippen molar-refractivity contribution in [2.24, 2.45) is 0 Å². The quantitative estimate of drug-likeness (QED) is 0.783. The monoisotopic (exact) mass is 346 g/mol. The topological polar surface area (TPSA) is 59.5 Å². The molecule has 0 radical (unpaired) electrons. The number of hydrogen-bond donors (Lipinski definition) is 1. The molecule has 0 bridgehead atoms. The fourth-order valence-corrected chi connectivity index (χ4v) is 3.40. The van der Waals surface area contributed by atoms with Crippen LogP contribution in [0.15, 0.2) is 54.9 Å². The molecule has 6 heteroatoms. The molecule has 130 valence electrons. The van der Waals surface area contributed by atoms with Crippen LogP contribution in [0.3, 0.4) is 0 Å². The molecular formula is C20H18N4O2. The molecule has 6 nitrogen and oxygen atoms in total. The number of rotatable bonds is 3. The second kappa shape index (κ2) is 6.22. The van der Waals surface area contributed by atoms with Gasteiger partial charge in [-0.2, -0.15) is 0 Å². The lowest BCUT2D eigenvalue weighted by atomic mass is 10.00. The van der Waals surface area contributed by atoms with Crippen molar-refractivity contribution in [1.82, 2.24) is 9.97 Å². The summed E-state index contributed by atoms with van der Waals surface area (Å²) in [4.78, 5) is 11.1. The average Bonchev–Trinajstić information content (AvgIpc) is 3.16. The van der Waals surface area contributed by atoms with Crippen LogP contribution < -0.4 is 19.7 Å². The van der Waals surface area contributed by atoms with E-state index >= 15 is 0 Å². The van der Waals surface area contributed by atoms with Gasteiger partial charge in [0.25, 0.3) is 0 Å². The van der Waals surface area contributed by atoms with Crippen molar-refractivity contribution in [3.63, 3.8) is 0 Å². The van der Waals surface area contributed by atoms with Crippen molar-refractivity contribution in [3.8, 4) is 11.5 Å². The first-order valence-corrected chi connectivity index (χ1v) is 8.66. The molecule has 0 unspecified atom stereocenters. The number of nitrogens with one attached hydrogen (secondary N) is 1. The fraction of sp³-hybridized carbons (Fsp3) is 0.200. The minimum Gasteiger partial charge on any atom is -0.454 e. The molecule has 5 rings (SSSR count). The first kappa shape index (κ1) is 15.0. The number of hydrogen-bond acceptors (Lipinski definition) is 6. The summed E-state index contributed by atoms with van der Waals surface area (Å²) in [5.41, 5.74) is 3.70. The highest BCUT2D eigenvalue weighted by Crippen LogP contribution is 2.35. The predicted octanol–water partition coefficient (Wildman–Crippen LogP) is 3.51. The maximum Gasteiger partial charge on any atom is 0.231 e. The van der Waals surface area contributed by atoms with Gasteiger partial charge >= 0.3 is 0 Å². The van der Waals surface area contributed by atoms with Gasteiger partial charge < -0.3 is 19.7 Å². The zero-order valence-corrected chi connectivity index (χ0v) is 14.2. The maximum atomic E-state index is 5.43. The lowest BCUT2D eigenvalue weighted by molar-refractivity contribution is 0.174. The molecule has 0 saturated heterocycles. The summed E-state index contributed by atoms with van der Waals surface area (Å²) in [6.07, 6.45) is 2.64. The number of aromatic nitrogens is 2. The third-order valence-corrected chi connectivity index (χ3v) is 4.75. The Morgan fingerprint density at radius 1 is 0.923 bits per heavy atom. The molecule has 0 saturated carbocycles. The van der Waals surface area contributed by atoms with Crippen molar-refractivity contribution in [1.29, 1.82) is 0 Å². The molecule has 2 aliphatic rings. The molecule has 1 N–H and O–H groups in total. The van der Waals surface area contributed by atoms with Gasteiger partial charge in [-0.1, -0.05) is 24.3 Å². The third kappa shape index (κ3) is 2.79. The van der Waals surface area contributed by atoms with Gasteiger partial charge in [0.2, 0.25) is 6.79 Å². The van der Waals surface area contributed by atoms with Crippen molar-refractivity contribution in [3.05, 3.63) is 66.0 Å². The average molecular weight is 346 g/mol. The molecule has 0 atom stereocenters. The minimum absolute atomic E-state index is 0.271. The Bertz CT molecular complexity index is 960. The minimum atomic E-state index is 0.271. The summed E-state index contributed by atoms with van der Waals surface area (Å²) in [5, 5.41) is 3.32. The largest absolute Gasteiger partial charge is 0.454 e. The first-order valence-electron chi connectivity index (χ1n) is 8.66. The summed E-state index contributed by atoms with van der Waals surface area (Å²) in [7, 11) is 0. The second-order valence-electron chi connectivity index (χ2n) is 6.39. The Hall–Kier alpha value is -3.28. The summed E-state index contributed by atoms with van der Waals surface area (Å²) in [6.45, 7) is 2.10. The highest BCUT2D eigenvalue weighted by Gasteiger charge is 2.18. The number of benzene rings is 2. The SMILES string of the molecule is c1ccc2c(c1)CCN(c1cc(Nc3ccc4c(c3)OCO4)ncn1)C2. The molecular weight excluding hydrogens is 328 g/mol.